The van der Waals surface area contributed by atoms with E-state index in [-0.39, 0.29) is 29.0 Å². The van der Waals surface area contributed by atoms with Crippen LogP contribution in [0.3, 0.4) is 0 Å². The Morgan fingerprint density at radius 3 is 2.75 bits per heavy atom. The van der Waals surface area contributed by atoms with Crippen LogP contribution in [0.5, 0.6) is 11.6 Å². The van der Waals surface area contributed by atoms with Crippen LogP contribution in [0, 0.1) is 11.3 Å². The van der Waals surface area contributed by atoms with E-state index in [2.05, 4.69) is 19.9 Å². The summed E-state index contributed by atoms with van der Waals surface area (Å²) in [6.07, 6.45) is 5.45. The molecule has 1 aromatic carbocycles. The highest BCUT2D eigenvalue weighted by Gasteiger charge is 2.28. The molecule has 164 valence electrons. The number of ether oxygens (including phenoxy) is 2. The minimum Gasteiger partial charge on any atom is -0.472 e. The van der Waals surface area contributed by atoms with Crippen molar-refractivity contribution in [1.82, 2.24) is 24.9 Å². The topological polar surface area (TPSA) is 106 Å². The quantitative estimate of drug-likeness (QED) is 0.580. The molecule has 1 aliphatic heterocycles. The lowest BCUT2D eigenvalue weighted by molar-refractivity contribution is -0.0498. The molecule has 1 amide bonds. The summed E-state index contributed by atoms with van der Waals surface area (Å²) in [6.45, 7) is -2.19. The number of likely N-dealkylation sites (tertiary alicyclic amines) is 1. The number of halogens is 2. The van der Waals surface area contributed by atoms with Gasteiger partial charge in [0.1, 0.15) is 17.5 Å². The zero-order chi connectivity index (χ0) is 22.5. The number of pyridine rings is 1. The molecule has 0 aliphatic carbocycles. The van der Waals surface area contributed by atoms with Crippen LogP contribution in [0.4, 0.5) is 8.78 Å². The average Bonchev–Trinajstić information content (AvgIpc) is 3.33. The molecule has 3 heterocycles. The van der Waals surface area contributed by atoms with Gasteiger partial charge in [0, 0.05) is 24.9 Å². The highest BCUT2D eigenvalue weighted by Crippen LogP contribution is 2.25. The smallest absolute Gasteiger partial charge is 0.387 e. The third-order valence-corrected chi connectivity index (χ3v) is 4.88. The Hall–Kier alpha value is -4.07. The summed E-state index contributed by atoms with van der Waals surface area (Å²) in [5.41, 5.74) is 0.902. The molecule has 4 rings (SSSR count). The van der Waals surface area contributed by atoms with E-state index < -0.39 is 6.61 Å². The lowest BCUT2D eigenvalue weighted by Gasteiger charge is -2.33. The molecule has 1 fully saturated rings. The van der Waals surface area contributed by atoms with Crippen molar-refractivity contribution in [3.8, 4) is 23.4 Å². The maximum absolute atomic E-state index is 13.3. The van der Waals surface area contributed by atoms with Crippen LogP contribution in [0.1, 0.15) is 28.8 Å². The number of nitrogens with zero attached hydrogens (tertiary/aromatic N) is 6. The maximum Gasteiger partial charge on any atom is 0.387 e. The van der Waals surface area contributed by atoms with Gasteiger partial charge in [-0.3, -0.25) is 4.79 Å². The Morgan fingerprint density at radius 1 is 1.19 bits per heavy atom. The number of carbonyl (C=O) groups excluding carboxylic acids is 1. The Balaban J connectivity index is 1.55. The molecular weight excluding hydrogens is 422 g/mol. The summed E-state index contributed by atoms with van der Waals surface area (Å²) in [4.78, 5) is 20.2. The first-order valence-corrected chi connectivity index (χ1v) is 9.81. The summed E-state index contributed by atoms with van der Waals surface area (Å²) in [5, 5.41) is 17.1. The number of rotatable bonds is 6. The predicted octanol–water partition coefficient (Wildman–Crippen LogP) is 2.82. The number of amides is 1. The van der Waals surface area contributed by atoms with Gasteiger partial charge >= 0.3 is 6.61 Å². The fourth-order valence-electron chi connectivity index (χ4n) is 3.48. The number of hydrogen-bond acceptors (Lipinski definition) is 7. The monoisotopic (exact) mass is 440 g/mol. The standard InChI is InChI=1S/C21H18F2N6O3/c22-21(23)32-15-3-4-17(18(11-15)29-26-7-8-27-29)20(30)28-9-1-2-16(13-28)31-19-10-14(12-24)5-6-25-19/h3-8,10-11,16,21H,1-2,9,13H2/t16-/m1/s1. The molecule has 0 radical (unpaired) electrons. The first kappa shape index (κ1) is 21.2. The normalized spacial score (nSPS) is 15.9. The maximum atomic E-state index is 13.3. The molecule has 3 aromatic rings. The van der Waals surface area contributed by atoms with Crippen molar-refractivity contribution in [2.45, 2.75) is 25.6 Å². The van der Waals surface area contributed by atoms with Crippen LogP contribution in [0.25, 0.3) is 5.69 Å². The fraction of sp³-hybridized carbons (Fsp3) is 0.286. The lowest BCUT2D eigenvalue weighted by atomic mass is 10.1. The summed E-state index contributed by atoms with van der Waals surface area (Å²) < 4.78 is 35.6. The Bertz CT molecular complexity index is 1130. The SMILES string of the molecule is N#Cc1ccnc(O[C@@H]2CCCN(C(=O)c3ccc(OC(F)F)cc3-n3nccn3)C2)c1. The van der Waals surface area contributed by atoms with Crippen molar-refractivity contribution in [3.05, 3.63) is 60.0 Å². The lowest BCUT2D eigenvalue weighted by Crippen LogP contribution is -2.44. The molecule has 32 heavy (non-hydrogen) atoms. The van der Waals surface area contributed by atoms with Crippen molar-refractivity contribution in [3.63, 3.8) is 0 Å². The first-order chi connectivity index (χ1) is 15.5. The molecule has 0 bridgehead atoms. The van der Waals surface area contributed by atoms with E-state index >= 15 is 0 Å². The predicted molar refractivity (Wildman–Crippen MR) is 106 cm³/mol. The van der Waals surface area contributed by atoms with E-state index in [1.807, 2.05) is 6.07 Å². The highest BCUT2D eigenvalue weighted by molar-refractivity contribution is 5.98. The fourth-order valence-corrected chi connectivity index (χ4v) is 3.48. The van der Waals surface area contributed by atoms with Gasteiger partial charge in [-0.25, -0.2) is 4.98 Å². The third kappa shape index (κ3) is 4.80. The van der Waals surface area contributed by atoms with Crippen LogP contribution in [-0.4, -0.2) is 56.6 Å². The van der Waals surface area contributed by atoms with Crippen molar-refractivity contribution >= 4 is 5.91 Å². The summed E-state index contributed by atoms with van der Waals surface area (Å²) in [5.74, 6) is -0.0987. The number of carbonyl (C=O) groups is 1. The van der Waals surface area contributed by atoms with Gasteiger partial charge in [0.05, 0.1) is 36.1 Å². The van der Waals surface area contributed by atoms with Gasteiger partial charge in [0.25, 0.3) is 5.91 Å². The molecule has 1 aliphatic rings. The van der Waals surface area contributed by atoms with E-state index in [0.717, 1.165) is 6.42 Å². The first-order valence-electron chi connectivity index (χ1n) is 9.81. The van der Waals surface area contributed by atoms with Crippen LogP contribution in [0.2, 0.25) is 0 Å². The van der Waals surface area contributed by atoms with Crippen LogP contribution in [-0.2, 0) is 0 Å². The Kier molecular flexibility index (Phi) is 6.21. The van der Waals surface area contributed by atoms with Gasteiger partial charge in [0.15, 0.2) is 0 Å². The van der Waals surface area contributed by atoms with E-state index in [0.29, 0.717) is 31.0 Å². The van der Waals surface area contributed by atoms with Gasteiger partial charge < -0.3 is 14.4 Å². The number of hydrogen-bond donors (Lipinski definition) is 0. The van der Waals surface area contributed by atoms with Crippen LogP contribution >= 0.6 is 0 Å². The van der Waals surface area contributed by atoms with Crippen molar-refractivity contribution in [2.24, 2.45) is 0 Å². The Labute approximate surface area is 181 Å². The molecule has 0 spiro atoms. The van der Waals surface area contributed by atoms with Crippen molar-refractivity contribution in [1.29, 1.82) is 5.26 Å². The van der Waals surface area contributed by atoms with Crippen LogP contribution < -0.4 is 9.47 Å². The molecule has 0 saturated carbocycles. The molecular formula is C21H18F2N6O3. The van der Waals surface area contributed by atoms with E-state index in [1.165, 1.54) is 41.6 Å². The largest absolute Gasteiger partial charge is 0.472 e. The highest BCUT2D eigenvalue weighted by atomic mass is 19.3. The number of alkyl halides is 2. The van der Waals surface area contributed by atoms with Crippen molar-refractivity contribution in [2.75, 3.05) is 13.1 Å². The van der Waals surface area contributed by atoms with Crippen molar-refractivity contribution < 1.29 is 23.0 Å². The molecule has 1 atom stereocenters. The molecule has 0 N–H and O–H groups in total. The number of benzene rings is 1. The minimum atomic E-state index is -3.00. The number of nitriles is 1. The summed E-state index contributed by atoms with van der Waals surface area (Å²) >= 11 is 0. The van der Waals surface area contributed by atoms with E-state index in [1.54, 1.807) is 17.0 Å². The summed E-state index contributed by atoms with van der Waals surface area (Å²) in [6, 6.07) is 9.18. The van der Waals surface area contributed by atoms with E-state index in [4.69, 9.17) is 10.00 Å². The third-order valence-electron chi connectivity index (χ3n) is 4.88. The zero-order valence-electron chi connectivity index (χ0n) is 16.8. The molecule has 2 aromatic heterocycles. The van der Waals surface area contributed by atoms with Gasteiger partial charge in [-0.05, 0) is 31.0 Å². The summed E-state index contributed by atoms with van der Waals surface area (Å²) in [7, 11) is 0. The van der Waals surface area contributed by atoms with Gasteiger partial charge in [-0.1, -0.05) is 0 Å². The average molecular weight is 440 g/mol. The zero-order valence-corrected chi connectivity index (χ0v) is 16.8. The van der Waals surface area contributed by atoms with E-state index in [9.17, 15) is 13.6 Å². The molecule has 9 nitrogen and oxygen atoms in total. The van der Waals surface area contributed by atoms with Gasteiger partial charge in [0.2, 0.25) is 5.88 Å². The second-order valence-corrected chi connectivity index (χ2v) is 7.00. The number of aromatic nitrogens is 4. The second kappa shape index (κ2) is 9.38. The second-order valence-electron chi connectivity index (χ2n) is 7.00. The number of piperidine rings is 1. The van der Waals surface area contributed by atoms with Gasteiger partial charge in [-0.15, -0.1) is 0 Å². The molecule has 1 saturated heterocycles. The minimum absolute atomic E-state index is 0.104. The molecule has 11 heteroatoms. The van der Waals surface area contributed by atoms with Gasteiger partial charge in [-0.2, -0.15) is 29.0 Å². The van der Waals surface area contributed by atoms with Crippen LogP contribution in [0.15, 0.2) is 48.9 Å². The Morgan fingerprint density at radius 2 is 2.00 bits per heavy atom. The molecule has 0 unspecified atom stereocenters.